The van der Waals surface area contributed by atoms with Crippen molar-refractivity contribution in [3.05, 3.63) is 0 Å². The maximum atomic E-state index is 12.3. The Labute approximate surface area is 333 Å². The van der Waals surface area contributed by atoms with Gasteiger partial charge in [-0.1, -0.05) is 0 Å². The number of ether oxygens (including phenoxy) is 9. The van der Waals surface area contributed by atoms with E-state index in [0.717, 1.165) is 6.92 Å². The highest BCUT2D eigenvalue weighted by atomic mass is 16.8. The molecule has 59 heavy (non-hydrogen) atoms. The van der Waals surface area contributed by atoms with Crippen molar-refractivity contribution in [3.8, 4) is 0 Å². The number of hydrogen-bond acceptors (Lipinski definition) is 26. The Morgan fingerprint density at radius 1 is 0.559 bits per heavy atom. The van der Waals surface area contributed by atoms with Gasteiger partial charge in [-0.05, 0) is 0 Å². The van der Waals surface area contributed by atoms with Crippen molar-refractivity contribution >= 4 is 5.91 Å². The number of carbonyl (C=O) groups is 1. The van der Waals surface area contributed by atoms with E-state index in [-0.39, 0.29) is 0 Å². The molecule has 1 amide bonds. The molecule has 5 aliphatic heterocycles. The summed E-state index contributed by atoms with van der Waals surface area (Å²) in [7, 11) is 0. The smallest absolute Gasteiger partial charge is 0.221 e. The first-order valence-electron chi connectivity index (χ1n) is 18.6. The van der Waals surface area contributed by atoms with Crippen molar-refractivity contribution in [2.75, 3.05) is 39.6 Å². The van der Waals surface area contributed by atoms with Crippen LogP contribution in [0, 0.1) is 0 Å². The predicted octanol–water partition coefficient (Wildman–Crippen LogP) is -11.8. The molecule has 5 heterocycles. The quantitative estimate of drug-likeness (QED) is 0.0770. The summed E-state index contributed by atoms with van der Waals surface area (Å²) in [6.45, 7) is -4.53. The van der Waals surface area contributed by atoms with E-state index in [2.05, 4.69) is 5.32 Å². The van der Waals surface area contributed by atoms with Gasteiger partial charge in [0, 0.05) is 6.92 Å². The van der Waals surface area contributed by atoms with Crippen LogP contribution in [0.2, 0.25) is 0 Å². The highest BCUT2D eigenvalue weighted by Gasteiger charge is 2.58. The number of amides is 1. The molecule has 5 fully saturated rings. The number of aliphatic hydroxyl groups is 16. The molecule has 0 aromatic rings. The zero-order valence-electron chi connectivity index (χ0n) is 31.3. The summed E-state index contributed by atoms with van der Waals surface area (Å²) < 4.78 is 50.0. The van der Waals surface area contributed by atoms with Crippen molar-refractivity contribution in [1.29, 1.82) is 0 Å². The molecule has 5 aliphatic rings. The third-order valence-corrected chi connectivity index (χ3v) is 10.8. The molecule has 5 saturated heterocycles. The number of hydrogen-bond donors (Lipinski definition) is 17. The second-order valence-corrected chi connectivity index (χ2v) is 14.8. The molecule has 0 aromatic carbocycles. The summed E-state index contributed by atoms with van der Waals surface area (Å²) in [6, 6.07) is -1.68. The Morgan fingerprint density at radius 2 is 0.983 bits per heavy atom. The number of nitrogens with one attached hydrogen (secondary N) is 1. The fourth-order valence-corrected chi connectivity index (χ4v) is 7.47. The molecule has 0 saturated carbocycles. The maximum absolute atomic E-state index is 12.3. The Morgan fingerprint density at radius 3 is 1.47 bits per heavy atom. The van der Waals surface area contributed by atoms with Crippen LogP contribution in [0.15, 0.2) is 0 Å². The molecule has 344 valence electrons. The zero-order valence-corrected chi connectivity index (χ0v) is 31.3. The molecule has 17 N–H and O–H groups in total. The molecule has 24 atom stereocenters. The third-order valence-electron chi connectivity index (χ3n) is 10.8. The van der Waals surface area contributed by atoms with Gasteiger partial charge in [0.15, 0.2) is 25.2 Å². The average molecular weight is 870 g/mol. The van der Waals surface area contributed by atoms with Crippen LogP contribution in [0.4, 0.5) is 0 Å². The van der Waals surface area contributed by atoms with E-state index in [1.807, 2.05) is 0 Å². The summed E-state index contributed by atoms with van der Waals surface area (Å²) in [6.07, 6.45) is -40.7. The molecule has 0 aliphatic carbocycles. The van der Waals surface area contributed by atoms with Crippen LogP contribution in [0.5, 0.6) is 0 Å². The van der Waals surface area contributed by atoms with E-state index in [9.17, 15) is 86.5 Å². The van der Waals surface area contributed by atoms with Crippen LogP contribution in [0.1, 0.15) is 6.92 Å². The Bertz CT molecular complexity index is 1340. The zero-order chi connectivity index (χ0) is 43.7. The lowest BCUT2D eigenvalue weighted by molar-refractivity contribution is -0.404. The minimum Gasteiger partial charge on any atom is -0.394 e. The molecule has 0 bridgehead atoms. The normalized spacial score (nSPS) is 51.0. The fourth-order valence-electron chi connectivity index (χ4n) is 7.47. The number of rotatable bonds is 14. The minimum atomic E-state index is -2.48. The van der Waals surface area contributed by atoms with Crippen molar-refractivity contribution in [1.82, 2.24) is 5.32 Å². The second-order valence-electron chi connectivity index (χ2n) is 14.8. The van der Waals surface area contributed by atoms with E-state index in [1.54, 1.807) is 0 Å². The Balaban J connectivity index is 1.30. The van der Waals surface area contributed by atoms with Crippen LogP contribution < -0.4 is 5.32 Å². The standard InChI is InChI=1S/C32H55NO26/c1-8(39)33-14-16(42)23(57-31-22(48)19(45)26(13(5-37)55-31)59-32(7-38)27(49)15(41)9(40)6-51-32)11(3-35)53-29(14)56-25-12(4-36)54-30(21(47)18(25)44)58-24-10(2-34)52-28(50)20(46)17(24)43/h9-31,34-38,40-50H,2-7H2,1H3,(H,33,39)/t9-,10-,11-,12-,13-,14-,15-,16-,17-,18-,19-,20-,21-,22-,23-,24+,25+,26+,27+,28-,29+,30+,31+,32+/m1/s1. The van der Waals surface area contributed by atoms with Crippen LogP contribution in [0.3, 0.4) is 0 Å². The lowest BCUT2D eigenvalue weighted by Gasteiger charge is -2.51. The van der Waals surface area contributed by atoms with Crippen LogP contribution in [-0.4, -0.2) is 274 Å². The summed E-state index contributed by atoms with van der Waals surface area (Å²) in [5.41, 5.74) is 0. The molecular weight excluding hydrogens is 814 g/mol. The van der Waals surface area contributed by atoms with Gasteiger partial charge in [0.2, 0.25) is 11.7 Å². The highest BCUT2D eigenvalue weighted by molar-refractivity contribution is 5.73. The molecule has 27 heteroatoms. The van der Waals surface area contributed by atoms with E-state index in [0.29, 0.717) is 0 Å². The van der Waals surface area contributed by atoms with Crippen molar-refractivity contribution in [2.24, 2.45) is 0 Å². The van der Waals surface area contributed by atoms with Crippen LogP contribution in [0.25, 0.3) is 0 Å². The molecular formula is C32H55NO26. The van der Waals surface area contributed by atoms with Gasteiger partial charge >= 0.3 is 0 Å². The van der Waals surface area contributed by atoms with Gasteiger partial charge in [0.1, 0.15) is 123 Å². The Kier molecular flexibility index (Phi) is 16.7. The van der Waals surface area contributed by atoms with Gasteiger partial charge in [-0.25, -0.2) is 0 Å². The first-order valence-corrected chi connectivity index (χ1v) is 18.6. The monoisotopic (exact) mass is 869 g/mol. The van der Waals surface area contributed by atoms with E-state index in [1.165, 1.54) is 0 Å². The van der Waals surface area contributed by atoms with Gasteiger partial charge in [-0.15, -0.1) is 0 Å². The average Bonchev–Trinajstić information content (AvgIpc) is 3.22. The molecule has 27 nitrogen and oxygen atoms in total. The molecule has 0 spiro atoms. The van der Waals surface area contributed by atoms with Gasteiger partial charge in [0.05, 0.1) is 33.0 Å². The first kappa shape index (κ1) is 48.5. The summed E-state index contributed by atoms with van der Waals surface area (Å²) >= 11 is 0. The minimum absolute atomic E-state index is 0.642. The summed E-state index contributed by atoms with van der Waals surface area (Å²) in [5.74, 6) is -3.28. The van der Waals surface area contributed by atoms with E-state index < -0.39 is 192 Å². The largest absolute Gasteiger partial charge is 0.394 e. The van der Waals surface area contributed by atoms with Gasteiger partial charge in [-0.3, -0.25) is 4.79 Å². The highest BCUT2D eigenvalue weighted by Crippen LogP contribution is 2.37. The lowest BCUT2D eigenvalue weighted by Crippen LogP contribution is -2.70. The number of aliphatic hydroxyl groups excluding tert-OH is 16. The van der Waals surface area contributed by atoms with E-state index in [4.69, 9.17) is 42.6 Å². The maximum Gasteiger partial charge on any atom is 0.221 e. The molecule has 5 rings (SSSR count). The van der Waals surface area contributed by atoms with Crippen molar-refractivity contribution in [2.45, 2.75) is 154 Å². The Hall–Kier alpha value is -1.53. The summed E-state index contributed by atoms with van der Waals surface area (Å²) in [5, 5.41) is 169. The predicted molar refractivity (Wildman–Crippen MR) is 178 cm³/mol. The van der Waals surface area contributed by atoms with Gasteiger partial charge in [0.25, 0.3) is 0 Å². The fraction of sp³-hybridized carbons (Fsp3) is 0.969. The third kappa shape index (κ3) is 9.84. The van der Waals surface area contributed by atoms with Gasteiger partial charge in [-0.2, -0.15) is 0 Å². The number of carbonyl (C=O) groups excluding carboxylic acids is 1. The molecule has 0 aromatic heterocycles. The molecule has 0 radical (unpaired) electrons. The van der Waals surface area contributed by atoms with Crippen molar-refractivity contribution in [3.63, 3.8) is 0 Å². The topological polar surface area (TPSA) is 436 Å². The van der Waals surface area contributed by atoms with Crippen molar-refractivity contribution < 1.29 is 129 Å². The summed E-state index contributed by atoms with van der Waals surface area (Å²) in [4.78, 5) is 12.3. The van der Waals surface area contributed by atoms with Gasteiger partial charge < -0.3 is 130 Å². The molecule has 0 unspecified atom stereocenters. The lowest BCUT2D eigenvalue weighted by atomic mass is 9.93. The second kappa shape index (κ2) is 20.3. The SMILES string of the molecule is CC(=O)N[C@H]1[C@H](O[C@@H]2[C@H](O)[C@@H](O)[C@H](O[C@@H]3[C@H](O)[C@@H](O)[C@H](O)O[C@@H]3CO)O[C@@H]2CO)O[C@H](CO)[C@@H](O[C@@H]2O[C@H](CO)[C@H](O[C@]3(CO)OC[C@@H](O)[C@@H](O)[C@@H]3O)[C@H](O)[C@H]2O)[C@@H]1O. The first-order chi connectivity index (χ1) is 27.9. The van der Waals surface area contributed by atoms with Crippen LogP contribution in [-0.2, 0) is 47.4 Å². The van der Waals surface area contributed by atoms with Crippen LogP contribution >= 0.6 is 0 Å². The van der Waals surface area contributed by atoms with E-state index >= 15 is 0 Å².